The van der Waals surface area contributed by atoms with Crippen molar-refractivity contribution in [2.24, 2.45) is 4.99 Å². The van der Waals surface area contributed by atoms with Crippen LogP contribution in [0, 0.1) is 5.82 Å². The molecule has 0 spiro atoms. The van der Waals surface area contributed by atoms with Gasteiger partial charge in [-0.3, -0.25) is 4.99 Å². The fourth-order valence-electron chi connectivity index (χ4n) is 2.21. The van der Waals surface area contributed by atoms with Gasteiger partial charge in [0.05, 0.1) is 11.1 Å². The Labute approximate surface area is 169 Å². The van der Waals surface area contributed by atoms with Crippen LogP contribution in [0.3, 0.4) is 0 Å². The second kappa shape index (κ2) is 15.2. The number of nitrogens with zero attached hydrogens (tertiary/aromatic N) is 1. The Kier molecular flexibility index (Phi) is 14.2. The van der Waals surface area contributed by atoms with Crippen LogP contribution in [0.15, 0.2) is 47.7 Å². The molecule has 1 saturated heterocycles. The normalized spacial score (nSPS) is 16.5. The van der Waals surface area contributed by atoms with Gasteiger partial charge >= 0.3 is 0 Å². The van der Waals surface area contributed by atoms with Crippen LogP contribution in [0.25, 0.3) is 0 Å². The molecule has 1 aromatic carbocycles. The molecule has 1 atom stereocenters. The van der Waals surface area contributed by atoms with Gasteiger partial charge in [0.25, 0.3) is 0 Å². The molecule has 1 aliphatic heterocycles. The number of nitrogens with one attached hydrogen (secondary N) is 3. The minimum absolute atomic E-state index is 0.0907. The van der Waals surface area contributed by atoms with E-state index in [0.717, 1.165) is 36.7 Å². The summed E-state index contributed by atoms with van der Waals surface area (Å²) in [5.41, 5.74) is 1.59. The zero-order valence-corrected chi connectivity index (χ0v) is 18.0. The Morgan fingerprint density at radius 1 is 1.41 bits per heavy atom. The predicted molar refractivity (Wildman–Crippen MR) is 118 cm³/mol. The third-order valence-electron chi connectivity index (χ3n) is 3.22. The Morgan fingerprint density at radius 3 is 2.59 bits per heavy atom. The summed E-state index contributed by atoms with van der Waals surface area (Å²) in [5, 5.41) is 9.56. The maximum absolute atomic E-state index is 13.2. The minimum Gasteiger partial charge on any atom is -0.359 e. The second-order valence-corrected chi connectivity index (χ2v) is 6.20. The molecule has 2 rings (SSSR count). The van der Waals surface area contributed by atoms with Crippen LogP contribution in [0.2, 0.25) is 5.02 Å². The van der Waals surface area contributed by atoms with Crippen molar-refractivity contribution >= 4 is 23.1 Å². The average Bonchev–Trinajstić information content (AvgIpc) is 3.14. The number of hydrogen-bond acceptors (Lipinski definition) is 3. The van der Waals surface area contributed by atoms with Crippen molar-refractivity contribution < 1.29 is 4.39 Å². The van der Waals surface area contributed by atoms with Gasteiger partial charge in [0.1, 0.15) is 11.7 Å². The van der Waals surface area contributed by atoms with Gasteiger partial charge < -0.3 is 16.0 Å². The lowest BCUT2D eigenvalue weighted by atomic mass is 10.2. The summed E-state index contributed by atoms with van der Waals surface area (Å²) in [6.07, 6.45) is 5.76. The Bertz CT molecular complexity index is 608. The average molecular weight is 397 g/mol. The highest BCUT2D eigenvalue weighted by molar-refractivity contribution is 6.31. The van der Waals surface area contributed by atoms with Crippen LogP contribution < -0.4 is 16.0 Å². The quantitative estimate of drug-likeness (QED) is 0.440. The molecule has 152 valence electrons. The Balaban J connectivity index is 0.00000123. The summed E-state index contributed by atoms with van der Waals surface area (Å²) in [6.45, 7) is 15.7. The number of hydrogen-bond donors (Lipinski definition) is 3. The first-order valence-electron chi connectivity index (χ1n) is 9.56. The van der Waals surface area contributed by atoms with Crippen molar-refractivity contribution in [2.75, 3.05) is 18.4 Å². The topological polar surface area (TPSA) is 48.5 Å². The molecule has 0 radical (unpaired) electrons. The molecule has 1 aliphatic rings. The number of benzene rings is 1. The van der Waals surface area contributed by atoms with Gasteiger partial charge in [0.2, 0.25) is 0 Å². The predicted octanol–water partition coefficient (Wildman–Crippen LogP) is 5.73. The first-order chi connectivity index (χ1) is 13.0. The highest BCUT2D eigenvalue weighted by atomic mass is 35.5. The molecule has 0 aromatic heterocycles. The standard InChI is InChI=1S/C16H20ClFN4.C3H8.C2H6/c1-3-20-16(22-13-6-7-19-10-13)8-11(2)21-12-4-5-15(18)14(17)9-12;1-3-2;1-2/h3-5,8-9,13,19,21H,1,6-7,10H2,2H3,(H,20,22);3H2,1-2H3;1-2H3/b11-8+;;. The van der Waals surface area contributed by atoms with E-state index in [1.165, 1.54) is 12.5 Å². The summed E-state index contributed by atoms with van der Waals surface area (Å²) in [7, 11) is 0. The summed E-state index contributed by atoms with van der Waals surface area (Å²) in [6, 6.07) is 4.79. The lowest BCUT2D eigenvalue weighted by Gasteiger charge is -2.10. The molecular weight excluding hydrogens is 363 g/mol. The summed E-state index contributed by atoms with van der Waals surface area (Å²) in [5.74, 6) is 0.306. The van der Waals surface area contributed by atoms with Crippen molar-refractivity contribution in [3.63, 3.8) is 0 Å². The number of allylic oxidation sites excluding steroid dienone is 1. The van der Waals surface area contributed by atoms with E-state index in [1.807, 2.05) is 26.8 Å². The third-order valence-corrected chi connectivity index (χ3v) is 3.51. The van der Waals surface area contributed by atoms with Crippen molar-refractivity contribution in [3.05, 3.63) is 53.6 Å². The van der Waals surface area contributed by atoms with E-state index in [2.05, 4.69) is 41.4 Å². The monoisotopic (exact) mass is 396 g/mol. The molecule has 4 nitrogen and oxygen atoms in total. The molecule has 1 heterocycles. The van der Waals surface area contributed by atoms with E-state index < -0.39 is 5.82 Å². The zero-order chi connectivity index (χ0) is 20.7. The fraction of sp³-hybridized carbons (Fsp3) is 0.476. The smallest absolute Gasteiger partial charge is 0.141 e. The lowest BCUT2D eigenvalue weighted by molar-refractivity contribution is 0.628. The van der Waals surface area contributed by atoms with Gasteiger partial charge in [0.15, 0.2) is 0 Å². The van der Waals surface area contributed by atoms with Crippen LogP contribution >= 0.6 is 11.6 Å². The van der Waals surface area contributed by atoms with E-state index in [1.54, 1.807) is 18.3 Å². The largest absolute Gasteiger partial charge is 0.359 e. The second-order valence-electron chi connectivity index (χ2n) is 5.80. The van der Waals surface area contributed by atoms with Crippen LogP contribution in [-0.2, 0) is 0 Å². The highest BCUT2D eigenvalue weighted by Gasteiger charge is 2.13. The van der Waals surface area contributed by atoms with Gasteiger partial charge in [0, 0.05) is 17.9 Å². The van der Waals surface area contributed by atoms with Crippen molar-refractivity contribution in [2.45, 2.75) is 53.5 Å². The number of anilines is 1. The molecule has 1 fully saturated rings. The fourth-order valence-corrected chi connectivity index (χ4v) is 2.39. The minimum atomic E-state index is -0.432. The molecule has 6 heteroatoms. The Morgan fingerprint density at radius 2 is 2.07 bits per heavy atom. The third kappa shape index (κ3) is 10.8. The van der Waals surface area contributed by atoms with Gasteiger partial charge in [-0.05, 0) is 50.4 Å². The number of rotatable bonds is 5. The molecule has 3 N–H and O–H groups in total. The van der Waals surface area contributed by atoms with Gasteiger partial charge in [-0.25, -0.2) is 4.39 Å². The first kappa shape index (κ1) is 25.1. The molecule has 0 bridgehead atoms. The first-order valence-corrected chi connectivity index (χ1v) is 9.94. The van der Waals surface area contributed by atoms with E-state index in [0.29, 0.717) is 0 Å². The van der Waals surface area contributed by atoms with Crippen molar-refractivity contribution in [1.82, 2.24) is 10.6 Å². The number of halogens is 2. The molecule has 1 unspecified atom stereocenters. The SMILES string of the molecule is C=CNC(/C=C(\C)Nc1ccc(F)c(Cl)c1)=NC1CCNC1.CC.CCC. The van der Waals surface area contributed by atoms with Gasteiger partial charge in [-0.2, -0.15) is 0 Å². The van der Waals surface area contributed by atoms with Crippen LogP contribution in [0.4, 0.5) is 10.1 Å². The number of amidine groups is 1. The van der Waals surface area contributed by atoms with E-state index in [9.17, 15) is 4.39 Å². The van der Waals surface area contributed by atoms with Gasteiger partial charge in [-0.1, -0.05) is 52.3 Å². The summed E-state index contributed by atoms with van der Waals surface area (Å²) < 4.78 is 13.2. The van der Waals surface area contributed by atoms with Crippen LogP contribution in [-0.4, -0.2) is 25.0 Å². The molecule has 0 aliphatic carbocycles. The lowest BCUT2D eigenvalue weighted by Crippen LogP contribution is -2.20. The van der Waals surface area contributed by atoms with E-state index in [-0.39, 0.29) is 11.1 Å². The maximum Gasteiger partial charge on any atom is 0.141 e. The number of aliphatic imine (C=N–C) groups is 1. The zero-order valence-electron chi connectivity index (χ0n) is 17.2. The van der Waals surface area contributed by atoms with E-state index in [4.69, 9.17) is 11.6 Å². The maximum atomic E-state index is 13.2. The molecule has 27 heavy (non-hydrogen) atoms. The highest BCUT2D eigenvalue weighted by Crippen LogP contribution is 2.20. The van der Waals surface area contributed by atoms with Gasteiger partial charge in [-0.15, -0.1) is 0 Å². The molecular formula is C21H34ClFN4. The molecule has 1 aromatic rings. The summed E-state index contributed by atoms with van der Waals surface area (Å²) >= 11 is 5.78. The van der Waals surface area contributed by atoms with Crippen molar-refractivity contribution in [1.29, 1.82) is 0 Å². The summed E-state index contributed by atoms with van der Waals surface area (Å²) in [4.78, 5) is 4.65. The Hall–Kier alpha value is -1.85. The van der Waals surface area contributed by atoms with Crippen molar-refractivity contribution in [3.8, 4) is 0 Å². The van der Waals surface area contributed by atoms with Crippen LogP contribution in [0.1, 0.15) is 47.5 Å². The molecule has 0 saturated carbocycles. The van der Waals surface area contributed by atoms with E-state index >= 15 is 0 Å². The molecule has 0 amide bonds. The van der Waals surface area contributed by atoms with Crippen LogP contribution in [0.5, 0.6) is 0 Å².